The third-order valence-electron chi connectivity index (χ3n) is 4.57. The van der Waals surface area contributed by atoms with Gasteiger partial charge in [0.2, 0.25) is 17.7 Å². The summed E-state index contributed by atoms with van der Waals surface area (Å²) in [5, 5.41) is 21.2. The van der Waals surface area contributed by atoms with Crippen molar-refractivity contribution in [2.75, 3.05) is 6.54 Å². The number of carboxylic acid groups (broad SMARTS) is 1. The lowest BCUT2D eigenvalue weighted by Crippen LogP contribution is -2.55. The Labute approximate surface area is 161 Å². The highest BCUT2D eigenvalue weighted by molar-refractivity contribution is 5.93. The fourth-order valence-corrected chi connectivity index (χ4v) is 3.14. The third-order valence-corrected chi connectivity index (χ3v) is 4.57. The molecular weight excluding hydrogens is 368 g/mol. The van der Waals surface area contributed by atoms with Crippen LogP contribution in [0.5, 0.6) is 5.75 Å². The SMILES string of the molecule is NC(=O)C[C@@H](N)C(=O)N[C@H](Cc1ccc(O)cc1)C(=O)N1CCC[C@@H]1C(=O)O. The number of hydrogen-bond acceptors (Lipinski definition) is 6. The number of aliphatic carboxylic acids is 1. The van der Waals surface area contributed by atoms with E-state index in [4.69, 9.17) is 11.5 Å². The summed E-state index contributed by atoms with van der Waals surface area (Å²) in [5.41, 5.74) is 11.3. The Kier molecular flexibility index (Phi) is 6.94. The van der Waals surface area contributed by atoms with E-state index in [1.165, 1.54) is 17.0 Å². The van der Waals surface area contributed by atoms with Crippen molar-refractivity contribution in [3.8, 4) is 5.75 Å². The van der Waals surface area contributed by atoms with Gasteiger partial charge in [-0.05, 0) is 30.5 Å². The van der Waals surface area contributed by atoms with E-state index in [2.05, 4.69) is 5.32 Å². The van der Waals surface area contributed by atoms with Gasteiger partial charge in [0.15, 0.2) is 0 Å². The summed E-state index contributed by atoms with van der Waals surface area (Å²) in [6.07, 6.45) is 0.566. The van der Waals surface area contributed by atoms with Gasteiger partial charge in [0.25, 0.3) is 0 Å². The number of nitrogens with zero attached hydrogens (tertiary/aromatic N) is 1. The maximum absolute atomic E-state index is 13.0. The summed E-state index contributed by atoms with van der Waals surface area (Å²) in [7, 11) is 0. The highest BCUT2D eigenvalue weighted by Gasteiger charge is 2.38. The molecule has 10 heteroatoms. The lowest BCUT2D eigenvalue weighted by molar-refractivity contribution is -0.149. The Morgan fingerprint density at radius 3 is 2.43 bits per heavy atom. The van der Waals surface area contributed by atoms with E-state index in [-0.39, 0.29) is 25.1 Å². The van der Waals surface area contributed by atoms with Crippen LogP contribution in [0.4, 0.5) is 0 Å². The monoisotopic (exact) mass is 392 g/mol. The van der Waals surface area contributed by atoms with Crippen LogP contribution in [-0.4, -0.2) is 63.5 Å². The molecule has 0 aliphatic carbocycles. The molecule has 1 heterocycles. The molecule has 2 rings (SSSR count). The minimum Gasteiger partial charge on any atom is -0.508 e. The molecule has 1 saturated heterocycles. The average molecular weight is 392 g/mol. The van der Waals surface area contributed by atoms with Crippen LogP contribution in [0.25, 0.3) is 0 Å². The largest absolute Gasteiger partial charge is 0.508 e. The van der Waals surface area contributed by atoms with Crippen molar-refractivity contribution < 1.29 is 29.4 Å². The number of nitrogens with two attached hydrogens (primary N) is 2. The Balaban J connectivity index is 2.20. The van der Waals surface area contributed by atoms with E-state index < -0.39 is 41.8 Å². The zero-order chi connectivity index (χ0) is 20.8. The van der Waals surface area contributed by atoms with Gasteiger partial charge in [0, 0.05) is 13.0 Å². The summed E-state index contributed by atoms with van der Waals surface area (Å²) < 4.78 is 0. The topological polar surface area (TPSA) is 176 Å². The van der Waals surface area contributed by atoms with Crippen LogP contribution in [0.2, 0.25) is 0 Å². The third kappa shape index (κ3) is 5.43. The molecular formula is C18H24N4O6. The van der Waals surface area contributed by atoms with Gasteiger partial charge in [-0.15, -0.1) is 0 Å². The highest BCUT2D eigenvalue weighted by atomic mass is 16.4. The van der Waals surface area contributed by atoms with E-state index in [1.54, 1.807) is 12.1 Å². The number of carbonyl (C=O) groups is 4. The van der Waals surface area contributed by atoms with E-state index in [0.29, 0.717) is 18.4 Å². The van der Waals surface area contributed by atoms with Crippen molar-refractivity contribution in [1.82, 2.24) is 10.2 Å². The molecule has 1 aromatic carbocycles. The number of primary amides is 1. The van der Waals surface area contributed by atoms with Gasteiger partial charge in [-0.25, -0.2) is 4.79 Å². The molecule has 7 N–H and O–H groups in total. The first-order valence-corrected chi connectivity index (χ1v) is 8.84. The molecule has 1 fully saturated rings. The van der Waals surface area contributed by atoms with Crippen molar-refractivity contribution in [1.29, 1.82) is 0 Å². The lowest BCUT2D eigenvalue weighted by Gasteiger charge is -2.28. The molecule has 3 amide bonds. The standard InChI is InChI=1S/C18H24N4O6/c19-12(9-15(20)24)16(25)21-13(8-10-3-5-11(23)6-4-10)17(26)22-7-1-2-14(22)18(27)28/h3-6,12-14,23H,1-2,7-9,19H2,(H2,20,24)(H,21,25)(H,27,28)/t12-,13-,14-/m1/s1. The number of phenolic OH excluding ortho intramolecular Hbond substituents is 1. The molecule has 0 spiro atoms. The molecule has 0 unspecified atom stereocenters. The first-order chi connectivity index (χ1) is 13.2. The van der Waals surface area contributed by atoms with Gasteiger partial charge in [0.1, 0.15) is 17.8 Å². The number of carbonyl (C=O) groups excluding carboxylic acids is 3. The average Bonchev–Trinajstić information content (AvgIpc) is 3.11. The zero-order valence-electron chi connectivity index (χ0n) is 15.2. The summed E-state index contributed by atoms with van der Waals surface area (Å²) in [4.78, 5) is 48.9. The van der Waals surface area contributed by atoms with Crippen LogP contribution in [0.3, 0.4) is 0 Å². The van der Waals surface area contributed by atoms with Crippen molar-refractivity contribution in [2.45, 2.75) is 43.8 Å². The minimum atomic E-state index is -1.22. The highest BCUT2D eigenvalue weighted by Crippen LogP contribution is 2.20. The fraction of sp³-hybridized carbons (Fsp3) is 0.444. The van der Waals surface area contributed by atoms with Gasteiger partial charge in [-0.2, -0.15) is 0 Å². The van der Waals surface area contributed by atoms with Gasteiger partial charge in [-0.1, -0.05) is 12.1 Å². The number of nitrogens with one attached hydrogen (secondary N) is 1. The summed E-state index contributed by atoms with van der Waals surface area (Å²) in [5.74, 6) is -3.09. The first kappa shape index (κ1) is 21.2. The second kappa shape index (κ2) is 9.18. The second-order valence-electron chi connectivity index (χ2n) is 6.74. The molecule has 1 aliphatic rings. The molecule has 0 saturated carbocycles. The molecule has 0 bridgehead atoms. The molecule has 1 aromatic rings. The van der Waals surface area contributed by atoms with Crippen molar-refractivity contribution >= 4 is 23.7 Å². The van der Waals surface area contributed by atoms with Gasteiger partial charge in [-0.3, -0.25) is 14.4 Å². The predicted octanol–water partition coefficient (Wildman–Crippen LogP) is -1.30. The smallest absolute Gasteiger partial charge is 0.326 e. The quantitative estimate of drug-likeness (QED) is 0.365. The minimum absolute atomic E-state index is 0.0460. The number of aromatic hydroxyl groups is 1. The summed E-state index contributed by atoms with van der Waals surface area (Å²) in [6.45, 7) is 0.269. The van der Waals surface area contributed by atoms with Crippen molar-refractivity contribution in [3.63, 3.8) is 0 Å². The number of likely N-dealkylation sites (tertiary alicyclic amines) is 1. The maximum atomic E-state index is 13.0. The summed E-state index contributed by atoms with van der Waals surface area (Å²) in [6, 6.07) is 2.80. The van der Waals surface area contributed by atoms with Crippen molar-refractivity contribution in [2.24, 2.45) is 11.5 Å². The van der Waals surface area contributed by atoms with Crippen LogP contribution < -0.4 is 16.8 Å². The van der Waals surface area contributed by atoms with Gasteiger partial charge in [0.05, 0.1) is 12.5 Å². The number of phenols is 1. The van der Waals surface area contributed by atoms with E-state index in [9.17, 15) is 29.4 Å². The Hall–Kier alpha value is -3.14. The van der Waals surface area contributed by atoms with E-state index in [1.807, 2.05) is 0 Å². The Morgan fingerprint density at radius 1 is 1.21 bits per heavy atom. The lowest BCUT2D eigenvalue weighted by atomic mass is 10.0. The number of benzene rings is 1. The van der Waals surface area contributed by atoms with E-state index >= 15 is 0 Å². The van der Waals surface area contributed by atoms with Crippen LogP contribution in [0.15, 0.2) is 24.3 Å². The second-order valence-corrected chi connectivity index (χ2v) is 6.74. The maximum Gasteiger partial charge on any atom is 0.326 e. The molecule has 10 nitrogen and oxygen atoms in total. The fourth-order valence-electron chi connectivity index (χ4n) is 3.14. The van der Waals surface area contributed by atoms with Crippen LogP contribution >= 0.6 is 0 Å². The van der Waals surface area contributed by atoms with Crippen LogP contribution in [0.1, 0.15) is 24.8 Å². The molecule has 28 heavy (non-hydrogen) atoms. The number of rotatable bonds is 8. The molecule has 152 valence electrons. The van der Waals surface area contributed by atoms with E-state index in [0.717, 1.165) is 0 Å². The van der Waals surface area contributed by atoms with Crippen LogP contribution in [-0.2, 0) is 25.6 Å². The summed E-state index contributed by atoms with van der Waals surface area (Å²) >= 11 is 0. The molecule has 0 aromatic heterocycles. The van der Waals surface area contributed by atoms with Gasteiger partial charge < -0.3 is 31.9 Å². The normalized spacial score (nSPS) is 18.3. The molecule has 1 aliphatic heterocycles. The molecule has 0 radical (unpaired) electrons. The number of amides is 3. The number of hydrogen-bond donors (Lipinski definition) is 5. The Bertz CT molecular complexity index is 751. The predicted molar refractivity (Wildman–Crippen MR) is 97.9 cm³/mol. The Morgan fingerprint density at radius 2 is 1.86 bits per heavy atom. The van der Waals surface area contributed by atoms with Crippen molar-refractivity contribution in [3.05, 3.63) is 29.8 Å². The first-order valence-electron chi connectivity index (χ1n) is 8.84. The van der Waals surface area contributed by atoms with Crippen LogP contribution in [0, 0.1) is 0 Å². The zero-order valence-corrected chi connectivity index (χ0v) is 15.2. The van der Waals surface area contributed by atoms with Gasteiger partial charge >= 0.3 is 5.97 Å². The molecule has 3 atom stereocenters. The number of carboxylic acids is 1.